The third kappa shape index (κ3) is 5.34. The Kier molecular flexibility index (Phi) is 7.53. The van der Waals surface area contributed by atoms with Crippen LogP contribution in [0.2, 0.25) is 0 Å². The maximum Gasteiger partial charge on any atom is 0.0561 e. The zero-order valence-electron chi connectivity index (χ0n) is 30.7. The second-order valence-electron chi connectivity index (χ2n) is 14.6. The summed E-state index contributed by atoms with van der Waals surface area (Å²) in [5.41, 5.74) is 11.6. The van der Waals surface area contributed by atoms with Crippen LogP contribution in [0.4, 0.5) is 17.1 Å². The van der Waals surface area contributed by atoms with E-state index in [1.807, 2.05) is 0 Å². The highest BCUT2D eigenvalue weighted by atomic mass is 15.1. The van der Waals surface area contributed by atoms with E-state index < -0.39 is 0 Å². The Hall–Kier alpha value is -7.42. The molecule has 0 saturated heterocycles. The van der Waals surface area contributed by atoms with E-state index in [9.17, 15) is 0 Å². The van der Waals surface area contributed by atoms with E-state index in [0.29, 0.717) is 0 Å². The largest absolute Gasteiger partial charge is 0.310 e. The maximum absolute atomic E-state index is 2.39. The standard InChI is InChI=1S/C54H36N2/c1-3-12-37(13-4-1)41-15-11-18-46(35-41)55(47-31-33-51-50-20-9-10-21-52(50)56(53(51)36-47)44-16-5-2-6-17-44)45-29-26-38(27-30-45)42-28-32-49-43(34-42)25-24-40-23-22-39-14-7-8-19-48(39)54(40)49/h1-36H. The number of rotatable bonds is 6. The molecular weight excluding hydrogens is 677 g/mol. The molecule has 1 heterocycles. The Bertz CT molecular complexity index is 3230. The van der Waals surface area contributed by atoms with Crippen LogP contribution < -0.4 is 4.90 Å². The summed E-state index contributed by atoms with van der Waals surface area (Å²) >= 11 is 0. The van der Waals surface area contributed by atoms with E-state index >= 15 is 0 Å². The van der Waals surface area contributed by atoms with Crippen LogP contribution in [0.25, 0.3) is 82.1 Å². The Labute approximate surface area is 325 Å². The first kappa shape index (κ1) is 32.0. The van der Waals surface area contributed by atoms with Crippen LogP contribution in [-0.2, 0) is 0 Å². The molecule has 10 aromatic carbocycles. The summed E-state index contributed by atoms with van der Waals surface area (Å²) in [5.74, 6) is 0. The monoisotopic (exact) mass is 712 g/mol. The molecule has 0 N–H and O–H groups in total. The average molecular weight is 713 g/mol. The molecule has 0 amide bonds. The molecule has 0 fully saturated rings. The van der Waals surface area contributed by atoms with E-state index in [2.05, 4.69) is 228 Å². The van der Waals surface area contributed by atoms with Crippen molar-refractivity contribution in [2.45, 2.75) is 0 Å². The van der Waals surface area contributed by atoms with Gasteiger partial charge in [-0.3, -0.25) is 0 Å². The van der Waals surface area contributed by atoms with Crippen LogP contribution in [0.5, 0.6) is 0 Å². The van der Waals surface area contributed by atoms with Crippen molar-refractivity contribution in [3.05, 3.63) is 218 Å². The molecule has 0 radical (unpaired) electrons. The van der Waals surface area contributed by atoms with Gasteiger partial charge < -0.3 is 9.47 Å². The van der Waals surface area contributed by atoms with Gasteiger partial charge in [-0.25, -0.2) is 0 Å². The summed E-state index contributed by atoms with van der Waals surface area (Å²) in [5, 5.41) is 10.2. The lowest BCUT2D eigenvalue weighted by Gasteiger charge is -2.26. The predicted molar refractivity (Wildman–Crippen MR) is 239 cm³/mol. The first-order chi connectivity index (χ1) is 27.8. The highest BCUT2D eigenvalue weighted by Gasteiger charge is 2.18. The number of hydrogen-bond acceptors (Lipinski definition) is 1. The van der Waals surface area contributed by atoms with Crippen LogP contribution in [-0.4, -0.2) is 4.57 Å². The summed E-state index contributed by atoms with van der Waals surface area (Å²) in [6.07, 6.45) is 0. The number of benzene rings is 10. The number of para-hydroxylation sites is 2. The van der Waals surface area contributed by atoms with E-state index in [4.69, 9.17) is 0 Å². The molecule has 0 atom stereocenters. The molecule has 262 valence electrons. The summed E-state index contributed by atoms with van der Waals surface area (Å²) in [4.78, 5) is 2.39. The van der Waals surface area contributed by atoms with E-state index in [1.165, 1.54) is 76.4 Å². The molecule has 0 aliphatic carbocycles. The minimum atomic E-state index is 1.10. The fraction of sp³-hybridized carbons (Fsp3) is 0. The van der Waals surface area contributed by atoms with Gasteiger partial charge >= 0.3 is 0 Å². The lowest BCUT2D eigenvalue weighted by molar-refractivity contribution is 1.18. The molecule has 11 aromatic rings. The van der Waals surface area contributed by atoms with Crippen molar-refractivity contribution in [2.75, 3.05) is 4.90 Å². The molecule has 0 bridgehead atoms. The van der Waals surface area contributed by atoms with E-state index in [-0.39, 0.29) is 0 Å². The van der Waals surface area contributed by atoms with Crippen LogP contribution in [0.1, 0.15) is 0 Å². The Morgan fingerprint density at radius 3 is 1.68 bits per heavy atom. The maximum atomic E-state index is 2.39. The zero-order valence-corrected chi connectivity index (χ0v) is 30.7. The van der Waals surface area contributed by atoms with Gasteiger partial charge in [0.1, 0.15) is 0 Å². The van der Waals surface area contributed by atoms with Crippen LogP contribution in [0.3, 0.4) is 0 Å². The molecule has 2 nitrogen and oxygen atoms in total. The molecule has 2 heteroatoms. The number of aromatic nitrogens is 1. The van der Waals surface area contributed by atoms with Gasteiger partial charge in [-0.15, -0.1) is 0 Å². The quantitative estimate of drug-likeness (QED) is 0.156. The Morgan fingerprint density at radius 2 is 0.839 bits per heavy atom. The second-order valence-corrected chi connectivity index (χ2v) is 14.6. The predicted octanol–water partition coefficient (Wildman–Crippen LogP) is 15.0. The molecule has 11 rings (SSSR count). The SMILES string of the molecule is c1ccc(-c2cccc(N(c3ccc(-c4ccc5c(ccc6ccc7ccccc7c65)c4)cc3)c3ccc4c5ccccc5n(-c5ccccc5)c4c3)c2)cc1. The average Bonchev–Trinajstić information content (AvgIpc) is 3.60. The lowest BCUT2D eigenvalue weighted by atomic mass is 9.94. The van der Waals surface area contributed by atoms with Crippen LogP contribution in [0.15, 0.2) is 218 Å². The van der Waals surface area contributed by atoms with Crippen molar-refractivity contribution >= 4 is 71.2 Å². The first-order valence-electron chi connectivity index (χ1n) is 19.3. The zero-order chi connectivity index (χ0) is 37.0. The molecule has 0 aliphatic rings. The fourth-order valence-corrected chi connectivity index (χ4v) is 8.67. The summed E-state index contributed by atoms with van der Waals surface area (Å²) in [7, 11) is 0. The van der Waals surface area contributed by atoms with Crippen molar-refractivity contribution in [1.82, 2.24) is 4.57 Å². The molecule has 1 aromatic heterocycles. The first-order valence-corrected chi connectivity index (χ1v) is 19.3. The van der Waals surface area contributed by atoms with Gasteiger partial charge in [0.05, 0.1) is 11.0 Å². The Balaban J connectivity index is 1.05. The summed E-state index contributed by atoms with van der Waals surface area (Å²) in [6.45, 7) is 0. The Morgan fingerprint density at radius 1 is 0.286 bits per heavy atom. The molecule has 56 heavy (non-hydrogen) atoms. The smallest absolute Gasteiger partial charge is 0.0561 e. The minimum absolute atomic E-state index is 1.10. The summed E-state index contributed by atoms with van der Waals surface area (Å²) < 4.78 is 2.39. The van der Waals surface area contributed by atoms with Crippen molar-refractivity contribution in [3.8, 4) is 27.9 Å². The van der Waals surface area contributed by atoms with Gasteiger partial charge in [0, 0.05) is 33.5 Å². The topological polar surface area (TPSA) is 8.17 Å². The fourth-order valence-electron chi connectivity index (χ4n) is 8.67. The molecule has 0 aliphatic heterocycles. The minimum Gasteiger partial charge on any atom is -0.310 e. The molecular formula is C54H36N2. The summed E-state index contributed by atoms with van der Waals surface area (Å²) in [6, 6.07) is 79.5. The second kappa shape index (κ2) is 13.2. The van der Waals surface area contributed by atoms with Crippen molar-refractivity contribution in [1.29, 1.82) is 0 Å². The van der Waals surface area contributed by atoms with E-state index in [0.717, 1.165) is 22.7 Å². The van der Waals surface area contributed by atoms with Gasteiger partial charge in [-0.1, -0.05) is 158 Å². The molecule has 0 unspecified atom stereocenters. The van der Waals surface area contributed by atoms with Crippen LogP contribution in [0, 0.1) is 0 Å². The van der Waals surface area contributed by atoms with Crippen LogP contribution >= 0.6 is 0 Å². The van der Waals surface area contributed by atoms with Crippen molar-refractivity contribution < 1.29 is 0 Å². The third-order valence-electron chi connectivity index (χ3n) is 11.3. The highest BCUT2D eigenvalue weighted by Crippen LogP contribution is 2.42. The van der Waals surface area contributed by atoms with Gasteiger partial charge in [0.25, 0.3) is 0 Å². The number of anilines is 3. The lowest BCUT2D eigenvalue weighted by Crippen LogP contribution is -2.10. The molecule has 0 saturated carbocycles. The van der Waals surface area contributed by atoms with Gasteiger partial charge in [-0.2, -0.15) is 0 Å². The third-order valence-corrected chi connectivity index (χ3v) is 11.3. The number of fused-ring (bicyclic) bond motifs is 8. The van der Waals surface area contributed by atoms with Gasteiger partial charge in [-0.05, 0) is 115 Å². The van der Waals surface area contributed by atoms with E-state index in [1.54, 1.807) is 0 Å². The number of hydrogen-bond donors (Lipinski definition) is 0. The van der Waals surface area contributed by atoms with Crippen molar-refractivity contribution in [3.63, 3.8) is 0 Å². The number of nitrogens with zero attached hydrogens (tertiary/aromatic N) is 2. The molecule has 0 spiro atoms. The van der Waals surface area contributed by atoms with Gasteiger partial charge in [0.2, 0.25) is 0 Å². The normalized spacial score (nSPS) is 11.6. The van der Waals surface area contributed by atoms with Gasteiger partial charge in [0.15, 0.2) is 0 Å². The van der Waals surface area contributed by atoms with Crippen molar-refractivity contribution in [2.24, 2.45) is 0 Å². The highest BCUT2D eigenvalue weighted by molar-refractivity contribution is 6.20.